The third-order valence-electron chi connectivity index (χ3n) is 7.43. The number of alkyl halides is 5. The Kier molecular flexibility index (Phi) is 9.58. The molecule has 1 aliphatic heterocycles. The molecule has 2 aromatic rings. The minimum Gasteiger partial charge on any atom is -0.460 e. The number of aromatic nitrogens is 3. The monoisotopic (exact) mass is 599 g/mol. The van der Waals surface area contributed by atoms with Gasteiger partial charge >= 0.3 is 12.1 Å². The smallest absolute Gasteiger partial charge is 0.418 e. The Morgan fingerprint density at radius 3 is 2.52 bits per heavy atom. The van der Waals surface area contributed by atoms with Gasteiger partial charge < -0.3 is 10.1 Å². The second-order valence-electron chi connectivity index (χ2n) is 12.2. The summed E-state index contributed by atoms with van der Waals surface area (Å²) in [5.41, 5.74) is -2.06. The number of nitrogens with zero attached hydrogens (tertiary/aromatic N) is 4. The number of piperidine rings is 1. The second-order valence-corrected chi connectivity index (χ2v) is 12.2. The molecule has 1 saturated heterocycles. The third kappa shape index (κ3) is 8.48. The van der Waals surface area contributed by atoms with Crippen LogP contribution in [0.15, 0.2) is 24.4 Å². The predicted octanol–water partition coefficient (Wildman–Crippen LogP) is 6.03. The van der Waals surface area contributed by atoms with Crippen molar-refractivity contribution in [3.8, 4) is 11.4 Å². The first-order chi connectivity index (χ1) is 19.6. The summed E-state index contributed by atoms with van der Waals surface area (Å²) in [6.45, 7) is 5.41. The van der Waals surface area contributed by atoms with Crippen molar-refractivity contribution in [1.82, 2.24) is 25.0 Å². The molecule has 3 heterocycles. The first kappa shape index (κ1) is 31.8. The van der Waals surface area contributed by atoms with Crippen molar-refractivity contribution >= 4 is 11.9 Å². The summed E-state index contributed by atoms with van der Waals surface area (Å²) in [5.74, 6) is -4.06. The van der Waals surface area contributed by atoms with Gasteiger partial charge in [0.2, 0.25) is 0 Å². The number of carbonyl (C=O) groups is 2. The van der Waals surface area contributed by atoms with Gasteiger partial charge in [-0.25, -0.2) is 8.78 Å². The van der Waals surface area contributed by atoms with Crippen LogP contribution in [0.5, 0.6) is 0 Å². The van der Waals surface area contributed by atoms with Crippen molar-refractivity contribution in [2.75, 3.05) is 19.6 Å². The lowest BCUT2D eigenvalue weighted by Crippen LogP contribution is -2.45. The number of rotatable bonds is 9. The van der Waals surface area contributed by atoms with E-state index < -0.39 is 47.7 Å². The van der Waals surface area contributed by atoms with E-state index in [1.54, 1.807) is 25.7 Å². The minimum absolute atomic E-state index is 0.0826. The summed E-state index contributed by atoms with van der Waals surface area (Å²) in [7, 11) is 0. The van der Waals surface area contributed by atoms with Crippen LogP contribution in [0.25, 0.3) is 11.4 Å². The lowest BCUT2D eigenvalue weighted by atomic mass is 10.0. The molecule has 0 aromatic carbocycles. The molecule has 2 aliphatic rings. The second kappa shape index (κ2) is 12.6. The van der Waals surface area contributed by atoms with Gasteiger partial charge in [0.05, 0.1) is 30.3 Å². The molecule has 4 rings (SSSR count). The standard InChI is InChI=1S/C29H38F5N5O3/c1-27(2,3)42-24(40)16-19(11-15-38-14-7-12-28(30,31)18-38)36-26(41)22-17-23(39(37-22)20-8-4-5-9-20)25-21(29(32,33)34)10-6-13-35-25/h6,10,13,17,19-20H,4-5,7-9,11-12,14-16,18H2,1-3H3,(H,36,41)/t19-/m0/s1. The van der Waals surface area contributed by atoms with Crippen molar-refractivity contribution < 1.29 is 36.3 Å². The summed E-state index contributed by atoms with van der Waals surface area (Å²) in [6.07, 6.45) is -0.0989. The maximum atomic E-state index is 13.9. The van der Waals surface area contributed by atoms with E-state index >= 15 is 0 Å². The van der Waals surface area contributed by atoms with Crippen LogP contribution in [0.4, 0.5) is 22.0 Å². The number of ether oxygens (including phenoxy) is 1. The summed E-state index contributed by atoms with van der Waals surface area (Å²) < 4.78 is 76.3. The van der Waals surface area contributed by atoms with Crippen LogP contribution in [0.1, 0.15) is 94.2 Å². The predicted molar refractivity (Wildman–Crippen MR) is 145 cm³/mol. The zero-order valence-corrected chi connectivity index (χ0v) is 24.1. The number of amides is 1. The van der Waals surface area contributed by atoms with Gasteiger partial charge in [-0.1, -0.05) is 12.8 Å². The van der Waals surface area contributed by atoms with E-state index in [1.165, 1.54) is 23.0 Å². The summed E-state index contributed by atoms with van der Waals surface area (Å²) in [5, 5.41) is 7.19. The Morgan fingerprint density at radius 1 is 1.17 bits per heavy atom. The average Bonchev–Trinajstić information content (AvgIpc) is 3.55. The molecule has 42 heavy (non-hydrogen) atoms. The van der Waals surface area contributed by atoms with Gasteiger partial charge in [-0.3, -0.25) is 24.2 Å². The number of nitrogens with one attached hydrogen (secondary N) is 1. The van der Waals surface area contributed by atoms with E-state index in [0.29, 0.717) is 25.8 Å². The van der Waals surface area contributed by atoms with E-state index in [4.69, 9.17) is 4.74 Å². The fourth-order valence-corrected chi connectivity index (χ4v) is 5.59. The number of hydrogen-bond donors (Lipinski definition) is 1. The van der Waals surface area contributed by atoms with E-state index in [9.17, 15) is 31.5 Å². The largest absolute Gasteiger partial charge is 0.460 e. The lowest BCUT2D eigenvalue weighted by Gasteiger charge is -2.33. The van der Waals surface area contributed by atoms with Gasteiger partial charge in [-0.2, -0.15) is 18.3 Å². The molecule has 1 saturated carbocycles. The zero-order valence-electron chi connectivity index (χ0n) is 24.1. The highest BCUT2D eigenvalue weighted by Gasteiger charge is 2.37. The SMILES string of the molecule is CC(C)(C)OC(=O)C[C@H](CCN1CCCC(F)(F)C1)NC(=O)c1cc(-c2ncccc2C(F)(F)F)n(C2CCCC2)n1. The summed E-state index contributed by atoms with van der Waals surface area (Å²) in [6, 6.07) is 2.47. The van der Waals surface area contributed by atoms with Gasteiger partial charge in [0.15, 0.2) is 5.69 Å². The minimum atomic E-state index is -4.67. The maximum absolute atomic E-state index is 13.9. The van der Waals surface area contributed by atoms with Crippen LogP contribution in [0.2, 0.25) is 0 Å². The molecular weight excluding hydrogens is 561 g/mol. The molecule has 1 aliphatic carbocycles. The molecule has 1 N–H and O–H groups in total. The quantitative estimate of drug-likeness (QED) is 0.280. The lowest BCUT2D eigenvalue weighted by molar-refractivity contribution is -0.155. The van der Waals surface area contributed by atoms with Gasteiger partial charge in [0.1, 0.15) is 11.3 Å². The van der Waals surface area contributed by atoms with Gasteiger partial charge in [-0.05, 0) is 71.2 Å². The number of pyridine rings is 1. The highest BCUT2D eigenvalue weighted by Crippen LogP contribution is 2.39. The van der Waals surface area contributed by atoms with Gasteiger partial charge in [0.25, 0.3) is 11.8 Å². The number of halogens is 5. The van der Waals surface area contributed by atoms with Gasteiger partial charge in [-0.15, -0.1) is 0 Å². The molecule has 1 atom stereocenters. The zero-order chi connectivity index (χ0) is 30.7. The van der Waals surface area contributed by atoms with E-state index in [0.717, 1.165) is 18.9 Å². The average molecular weight is 600 g/mol. The van der Waals surface area contributed by atoms with Crippen molar-refractivity contribution in [2.45, 2.75) is 102 Å². The van der Waals surface area contributed by atoms with Crippen LogP contribution >= 0.6 is 0 Å². The molecular formula is C29H38F5N5O3. The molecule has 232 valence electrons. The van der Waals surface area contributed by atoms with Crippen LogP contribution < -0.4 is 5.32 Å². The number of hydrogen-bond acceptors (Lipinski definition) is 6. The van der Waals surface area contributed by atoms with E-state index in [2.05, 4.69) is 15.4 Å². The van der Waals surface area contributed by atoms with Gasteiger partial charge in [0, 0.05) is 25.2 Å². The molecule has 0 radical (unpaired) electrons. The molecule has 2 fully saturated rings. The highest BCUT2D eigenvalue weighted by molar-refractivity contribution is 5.94. The number of likely N-dealkylation sites (tertiary alicyclic amines) is 1. The number of carbonyl (C=O) groups excluding carboxylic acids is 2. The molecule has 0 unspecified atom stereocenters. The Balaban J connectivity index is 1.59. The Morgan fingerprint density at radius 2 is 1.88 bits per heavy atom. The van der Waals surface area contributed by atoms with Crippen molar-refractivity contribution in [2.24, 2.45) is 0 Å². The first-order valence-corrected chi connectivity index (χ1v) is 14.4. The molecule has 1 amide bonds. The normalized spacial score (nSPS) is 19.0. The van der Waals surface area contributed by atoms with Crippen molar-refractivity contribution in [3.05, 3.63) is 35.7 Å². The Labute approximate surface area is 242 Å². The highest BCUT2D eigenvalue weighted by atomic mass is 19.4. The van der Waals surface area contributed by atoms with Crippen LogP contribution in [0.3, 0.4) is 0 Å². The summed E-state index contributed by atoms with van der Waals surface area (Å²) >= 11 is 0. The molecule has 0 spiro atoms. The fraction of sp³-hybridized carbons (Fsp3) is 0.655. The maximum Gasteiger partial charge on any atom is 0.418 e. The Hall–Kier alpha value is -3.09. The van der Waals surface area contributed by atoms with E-state index in [-0.39, 0.29) is 48.9 Å². The van der Waals surface area contributed by atoms with Crippen molar-refractivity contribution in [1.29, 1.82) is 0 Å². The topological polar surface area (TPSA) is 89.4 Å². The van der Waals surface area contributed by atoms with Crippen molar-refractivity contribution in [3.63, 3.8) is 0 Å². The first-order valence-electron chi connectivity index (χ1n) is 14.4. The fourth-order valence-electron chi connectivity index (χ4n) is 5.59. The number of esters is 1. The summed E-state index contributed by atoms with van der Waals surface area (Å²) in [4.78, 5) is 31.7. The Bertz CT molecular complexity index is 1250. The molecule has 0 bridgehead atoms. The third-order valence-corrected chi connectivity index (χ3v) is 7.43. The van der Waals surface area contributed by atoms with E-state index in [1.807, 2.05) is 0 Å². The van der Waals surface area contributed by atoms with Crippen LogP contribution in [-0.4, -0.2) is 68.7 Å². The molecule has 13 heteroatoms. The molecule has 2 aromatic heterocycles. The van der Waals surface area contributed by atoms with Crippen LogP contribution in [-0.2, 0) is 15.7 Å². The van der Waals surface area contributed by atoms with Crippen LogP contribution in [0, 0.1) is 0 Å². The molecule has 8 nitrogen and oxygen atoms in total.